The lowest BCUT2D eigenvalue weighted by molar-refractivity contribution is -0.0119. The number of nitrogens with one attached hydrogen (secondary N) is 1. The number of carbonyl (C=O) groups excluding carboxylic acids is 1. The summed E-state index contributed by atoms with van der Waals surface area (Å²) in [5.74, 6) is 3.35. The molecule has 4 aliphatic carbocycles. The number of rotatable bonds is 2. The molecule has 1 aromatic carbocycles. The summed E-state index contributed by atoms with van der Waals surface area (Å²) >= 11 is 8.32. The number of hydrogen-bond acceptors (Lipinski definition) is 1. The van der Waals surface area contributed by atoms with Gasteiger partial charge >= 0.3 is 0 Å². The average molecular weight is 416 g/mol. The van der Waals surface area contributed by atoms with Gasteiger partial charge in [-0.25, -0.2) is 0 Å². The first-order valence-corrected chi connectivity index (χ1v) is 9.31. The molecule has 0 spiro atoms. The van der Waals surface area contributed by atoms with Crippen molar-refractivity contribution in [1.82, 2.24) is 5.32 Å². The van der Waals surface area contributed by atoms with Crippen LogP contribution >= 0.6 is 34.2 Å². The Morgan fingerprint density at radius 3 is 2.29 bits per heavy atom. The van der Waals surface area contributed by atoms with E-state index in [1.807, 2.05) is 12.1 Å². The smallest absolute Gasteiger partial charge is 0.251 e. The molecular formula is C17H19ClINO. The Hall–Kier alpha value is -0.290. The largest absolute Gasteiger partial charge is 0.349 e. The summed E-state index contributed by atoms with van der Waals surface area (Å²) in [6.45, 7) is 0. The normalized spacial score (nSPS) is 36.8. The zero-order valence-electron chi connectivity index (χ0n) is 11.8. The Bertz CT molecular complexity index is 560. The third-order valence-electron chi connectivity index (χ3n) is 5.71. The van der Waals surface area contributed by atoms with Gasteiger partial charge in [0.05, 0.1) is 5.02 Å². The number of halogens is 2. The van der Waals surface area contributed by atoms with Gasteiger partial charge in [0.1, 0.15) is 0 Å². The van der Waals surface area contributed by atoms with Crippen LogP contribution < -0.4 is 5.32 Å². The van der Waals surface area contributed by atoms with Crippen LogP contribution in [0.2, 0.25) is 5.02 Å². The Balaban J connectivity index is 1.50. The maximum absolute atomic E-state index is 12.5. The summed E-state index contributed by atoms with van der Waals surface area (Å²) in [7, 11) is 0. The highest BCUT2D eigenvalue weighted by atomic mass is 127. The molecule has 1 N–H and O–H groups in total. The van der Waals surface area contributed by atoms with E-state index in [1.54, 1.807) is 6.07 Å². The molecule has 21 heavy (non-hydrogen) atoms. The number of carbonyl (C=O) groups is 1. The van der Waals surface area contributed by atoms with Crippen molar-refractivity contribution in [3.63, 3.8) is 0 Å². The first kappa shape index (κ1) is 14.3. The summed E-state index contributed by atoms with van der Waals surface area (Å²) in [6.07, 6.45) is 6.74. The van der Waals surface area contributed by atoms with Crippen LogP contribution in [0.5, 0.6) is 0 Å². The van der Waals surface area contributed by atoms with Crippen LogP contribution in [0.4, 0.5) is 0 Å². The minimum absolute atomic E-state index is 0.0470. The van der Waals surface area contributed by atoms with Gasteiger partial charge in [-0.2, -0.15) is 0 Å². The van der Waals surface area contributed by atoms with Crippen LogP contribution in [0.15, 0.2) is 18.2 Å². The molecule has 0 aliphatic heterocycles. The maximum Gasteiger partial charge on any atom is 0.251 e. The summed E-state index contributed by atoms with van der Waals surface area (Å²) in [4.78, 5) is 12.5. The summed E-state index contributed by atoms with van der Waals surface area (Å²) < 4.78 is 0.987. The molecule has 0 unspecified atom stereocenters. The first-order valence-electron chi connectivity index (χ1n) is 7.86. The molecule has 1 amide bonds. The molecule has 4 fully saturated rings. The molecule has 1 aromatic rings. The van der Waals surface area contributed by atoms with Gasteiger partial charge in [0, 0.05) is 15.2 Å². The first-order chi connectivity index (χ1) is 10.1. The summed E-state index contributed by atoms with van der Waals surface area (Å²) in [6, 6.07) is 5.96. The van der Waals surface area contributed by atoms with Gasteiger partial charge in [-0.15, -0.1) is 0 Å². The van der Waals surface area contributed by atoms with Crippen LogP contribution in [0.3, 0.4) is 0 Å². The molecule has 0 saturated heterocycles. The Labute approximate surface area is 144 Å². The van der Waals surface area contributed by atoms with Crippen molar-refractivity contribution in [3.05, 3.63) is 32.4 Å². The van der Waals surface area contributed by atoms with Crippen molar-refractivity contribution in [2.24, 2.45) is 23.7 Å². The van der Waals surface area contributed by atoms with Crippen molar-refractivity contribution < 1.29 is 4.79 Å². The third kappa shape index (κ3) is 2.61. The fourth-order valence-corrected chi connectivity index (χ4v) is 5.55. The van der Waals surface area contributed by atoms with Gasteiger partial charge in [-0.05, 0) is 96.6 Å². The molecule has 4 aliphatic rings. The molecule has 112 valence electrons. The highest BCUT2D eigenvalue weighted by Crippen LogP contribution is 2.53. The van der Waals surface area contributed by atoms with E-state index in [0.29, 0.717) is 28.5 Å². The Kier molecular flexibility index (Phi) is 3.69. The molecule has 2 nitrogen and oxygen atoms in total. The van der Waals surface area contributed by atoms with Crippen molar-refractivity contribution in [2.45, 2.75) is 38.1 Å². The predicted octanol–water partition coefficient (Wildman–Crippen LogP) is 4.50. The second-order valence-electron chi connectivity index (χ2n) is 7.06. The van der Waals surface area contributed by atoms with E-state index in [-0.39, 0.29) is 5.91 Å². The SMILES string of the molecule is O=C(NC1C2CC3CC(C2)CC1C3)c1ccc(I)c(Cl)c1. The van der Waals surface area contributed by atoms with Gasteiger partial charge in [-0.3, -0.25) is 4.79 Å². The van der Waals surface area contributed by atoms with E-state index in [0.717, 1.165) is 15.4 Å². The standard InChI is InChI=1S/C17H19ClINO/c18-14-8-11(1-2-15(14)19)17(21)20-16-12-4-9-3-10(6-12)7-13(16)5-9/h1-2,8-10,12-13,16H,3-7H2,(H,20,21). The van der Waals surface area contributed by atoms with Gasteiger partial charge in [0.2, 0.25) is 0 Å². The second kappa shape index (κ2) is 5.41. The zero-order valence-corrected chi connectivity index (χ0v) is 14.7. The quantitative estimate of drug-likeness (QED) is 0.708. The fourth-order valence-electron chi connectivity index (χ4n) is 5.03. The van der Waals surface area contributed by atoms with Gasteiger partial charge in [-0.1, -0.05) is 11.6 Å². The lowest BCUT2D eigenvalue weighted by Crippen LogP contribution is -2.55. The van der Waals surface area contributed by atoms with E-state index < -0.39 is 0 Å². The molecule has 4 heteroatoms. The third-order valence-corrected chi connectivity index (χ3v) is 7.28. The highest BCUT2D eigenvalue weighted by Gasteiger charge is 2.48. The van der Waals surface area contributed by atoms with E-state index in [1.165, 1.54) is 32.1 Å². The molecule has 0 heterocycles. The molecule has 4 bridgehead atoms. The highest BCUT2D eigenvalue weighted by molar-refractivity contribution is 14.1. The fraction of sp³-hybridized carbons (Fsp3) is 0.588. The monoisotopic (exact) mass is 415 g/mol. The van der Waals surface area contributed by atoms with Crippen molar-refractivity contribution in [3.8, 4) is 0 Å². The maximum atomic E-state index is 12.5. The molecule has 4 saturated carbocycles. The van der Waals surface area contributed by atoms with Crippen molar-refractivity contribution in [2.75, 3.05) is 0 Å². The van der Waals surface area contributed by atoms with Crippen LogP contribution in [-0.4, -0.2) is 11.9 Å². The topological polar surface area (TPSA) is 29.1 Å². The summed E-state index contributed by atoms with van der Waals surface area (Å²) in [5.41, 5.74) is 0.689. The van der Waals surface area contributed by atoms with Crippen LogP contribution in [0.1, 0.15) is 42.5 Å². The molecule has 0 radical (unpaired) electrons. The Morgan fingerprint density at radius 1 is 1.10 bits per heavy atom. The molecule has 0 atom stereocenters. The van der Waals surface area contributed by atoms with Crippen LogP contribution in [-0.2, 0) is 0 Å². The van der Waals surface area contributed by atoms with Gasteiger partial charge in [0.15, 0.2) is 0 Å². The minimum Gasteiger partial charge on any atom is -0.349 e. The van der Waals surface area contributed by atoms with Crippen LogP contribution in [0.25, 0.3) is 0 Å². The number of benzene rings is 1. The second-order valence-corrected chi connectivity index (χ2v) is 8.63. The van der Waals surface area contributed by atoms with E-state index in [2.05, 4.69) is 27.9 Å². The number of amides is 1. The zero-order chi connectivity index (χ0) is 14.6. The van der Waals surface area contributed by atoms with E-state index >= 15 is 0 Å². The van der Waals surface area contributed by atoms with Crippen molar-refractivity contribution in [1.29, 1.82) is 0 Å². The van der Waals surface area contributed by atoms with Crippen molar-refractivity contribution >= 4 is 40.1 Å². The predicted molar refractivity (Wildman–Crippen MR) is 92.5 cm³/mol. The lowest BCUT2D eigenvalue weighted by Gasteiger charge is -2.54. The van der Waals surface area contributed by atoms with Crippen LogP contribution in [0, 0.1) is 27.2 Å². The van der Waals surface area contributed by atoms with Gasteiger partial charge < -0.3 is 5.32 Å². The number of hydrogen-bond donors (Lipinski definition) is 1. The van der Waals surface area contributed by atoms with E-state index in [4.69, 9.17) is 11.6 Å². The summed E-state index contributed by atoms with van der Waals surface area (Å²) in [5, 5.41) is 3.99. The Morgan fingerprint density at radius 2 is 1.71 bits per heavy atom. The molecule has 0 aromatic heterocycles. The molecular weight excluding hydrogens is 397 g/mol. The lowest BCUT2D eigenvalue weighted by atomic mass is 9.54. The average Bonchev–Trinajstić information content (AvgIpc) is 2.45. The van der Waals surface area contributed by atoms with E-state index in [9.17, 15) is 4.79 Å². The molecule has 5 rings (SSSR count). The van der Waals surface area contributed by atoms with Gasteiger partial charge in [0.25, 0.3) is 5.91 Å². The minimum atomic E-state index is 0.0470.